The van der Waals surface area contributed by atoms with Crippen molar-refractivity contribution in [2.75, 3.05) is 54.8 Å². The number of carbonyl (C=O) groups excluding carboxylic acids is 1. The van der Waals surface area contributed by atoms with Crippen LogP contribution in [0.5, 0.6) is 5.75 Å². The first-order valence-electron chi connectivity index (χ1n) is 13.6. The van der Waals surface area contributed by atoms with Gasteiger partial charge in [0.25, 0.3) is 15.9 Å². The average molecular weight is 613 g/mol. The Morgan fingerprint density at radius 2 is 1.90 bits per heavy atom. The van der Waals surface area contributed by atoms with E-state index in [1.54, 1.807) is 0 Å². The van der Waals surface area contributed by atoms with Crippen LogP contribution in [0.25, 0.3) is 5.57 Å². The monoisotopic (exact) mass is 612 g/mol. The maximum absolute atomic E-state index is 14.3. The molecule has 1 unspecified atom stereocenters. The SMILES string of the molecule is C/C(=C1/C(=O)Nc2ccc(S(=O)(=O)Nc3ccc(Cl)cc3F)cc21)C1Cc2cc(OCCN3CCOCC3)ccc2N1. The lowest BCUT2D eigenvalue weighted by Gasteiger charge is -2.26. The van der Waals surface area contributed by atoms with E-state index in [9.17, 15) is 17.6 Å². The van der Waals surface area contributed by atoms with Gasteiger partial charge in [-0.15, -0.1) is 0 Å². The Bertz CT molecular complexity index is 1690. The Morgan fingerprint density at radius 1 is 1.12 bits per heavy atom. The summed E-state index contributed by atoms with van der Waals surface area (Å²) in [5.74, 6) is -0.310. The van der Waals surface area contributed by atoms with E-state index < -0.39 is 15.8 Å². The summed E-state index contributed by atoms with van der Waals surface area (Å²) in [4.78, 5) is 15.3. The van der Waals surface area contributed by atoms with Crippen LogP contribution in [0.4, 0.5) is 21.5 Å². The number of benzene rings is 3. The van der Waals surface area contributed by atoms with E-state index >= 15 is 0 Å². The van der Waals surface area contributed by atoms with Gasteiger partial charge in [-0.3, -0.25) is 14.4 Å². The summed E-state index contributed by atoms with van der Waals surface area (Å²) >= 11 is 5.79. The smallest absolute Gasteiger partial charge is 0.262 e. The van der Waals surface area contributed by atoms with Gasteiger partial charge < -0.3 is 20.1 Å². The summed E-state index contributed by atoms with van der Waals surface area (Å²) in [6.45, 7) is 6.61. The molecule has 0 bridgehead atoms. The minimum atomic E-state index is -4.15. The highest BCUT2D eigenvalue weighted by atomic mass is 35.5. The molecule has 3 aliphatic rings. The zero-order valence-electron chi connectivity index (χ0n) is 22.9. The van der Waals surface area contributed by atoms with Crippen LogP contribution in [0.3, 0.4) is 0 Å². The second kappa shape index (κ2) is 11.6. The molecule has 1 amide bonds. The highest BCUT2D eigenvalue weighted by molar-refractivity contribution is 7.92. The summed E-state index contributed by atoms with van der Waals surface area (Å²) in [5.41, 5.74) is 3.99. The van der Waals surface area contributed by atoms with Crippen LogP contribution >= 0.6 is 11.6 Å². The van der Waals surface area contributed by atoms with Gasteiger partial charge in [0.2, 0.25) is 0 Å². The van der Waals surface area contributed by atoms with Crippen molar-refractivity contribution in [3.8, 4) is 5.75 Å². The van der Waals surface area contributed by atoms with Gasteiger partial charge in [-0.1, -0.05) is 11.6 Å². The number of carbonyl (C=O) groups is 1. The third-order valence-electron chi connectivity index (χ3n) is 7.75. The first-order chi connectivity index (χ1) is 20.2. The van der Waals surface area contributed by atoms with Crippen molar-refractivity contribution in [1.29, 1.82) is 0 Å². The van der Waals surface area contributed by atoms with E-state index in [-0.39, 0.29) is 27.6 Å². The molecule has 0 saturated carbocycles. The molecule has 9 nitrogen and oxygen atoms in total. The minimum Gasteiger partial charge on any atom is -0.492 e. The molecule has 42 heavy (non-hydrogen) atoms. The number of nitrogens with zero attached hydrogens (tertiary/aromatic N) is 1. The van der Waals surface area contributed by atoms with E-state index in [0.717, 1.165) is 61.5 Å². The molecule has 0 aliphatic carbocycles. The quantitative estimate of drug-likeness (QED) is 0.315. The molecule has 220 valence electrons. The Hall–Kier alpha value is -3.64. The van der Waals surface area contributed by atoms with E-state index in [1.165, 1.54) is 30.3 Å². The van der Waals surface area contributed by atoms with E-state index in [1.807, 2.05) is 25.1 Å². The van der Waals surface area contributed by atoms with Crippen LogP contribution in [0.2, 0.25) is 5.02 Å². The highest BCUT2D eigenvalue weighted by Crippen LogP contribution is 2.40. The number of amides is 1. The fourth-order valence-electron chi connectivity index (χ4n) is 5.46. The van der Waals surface area contributed by atoms with Gasteiger partial charge in [-0.05, 0) is 79.1 Å². The Labute approximate surface area is 248 Å². The molecular formula is C30H30ClFN4O5S. The Balaban J connectivity index is 1.19. The lowest BCUT2D eigenvalue weighted by Crippen LogP contribution is -2.38. The zero-order chi connectivity index (χ0) is 29.4. The normalized spacial score (nSPS) is 19.5. The highest BCUT2D eigenvalue weighted by Gasteiger charge is 2.32. The van der Waals surface area contributed by atoms with Gasteiger partial charge in [0, 0.05) is 41.6 Å². The lowest BCUT2D eigenvalue weighted by molar-refractivity contribution is -0.110. The third kappa shape index (κ3) is 5.82. The second-order valence-corrected chi connectivity index (χ2v) is 12.6. The van der Waals surface area contributed by atoms with Gasteiger partial charge in [-0.25, -0.2) is 12.8 Å². The maximum Gasteiger partial charge on any atom is 0.262 e. The van der Waals surface area contributed by atoms with Crippen molar-refractivity contribution >= 4 is 50.2 Å². The molecule has 0 spiro atoms. The van der Waals surface area contributed by atoms with E-state index in [4.69, 9.17) is 21.1 Å². The van der Waals surface area contributed by atoms with Crippen LogP contribution in [0, 0.1) is 5.82 Å². The lowest BCUT2D eigenvalue weighted by atomic mass is 9.95. The van der Waals surface area contributed by atoms with Crippen molar-refractivity contribution < 1.29 is 27.1 Å². The molecule has 12 heteroatoms. The predicted octanol–water partition coefficient (Wildman–Crippen LogP) is 4.75. The number of rotatable bonds is 8. The Kier molecular flexibility index (Phi) is 7.84. The molecule has 3 aliphatic heterocycles. The van der Waals surface area contributed by atoms with Gasteiger partial charge >= 0.3 is 0 Å². The predicted molar refractivity (Wildman–Crippen MR) is 160 cm³/mol. The van der Waals surface area contributed by atoms with Crippen molar-refractivity contribution in [3.63, 3.8) is 0 Å². The van der Waals surface area contributed by atoms with Gasteiger partial charge in [-0.2, -0.15) is 0 Å². The van der Waals surface area contributed by atoms with Gasteiger partial charge in [0.15, 0.2) is 0 Å². The second-order valence-electron chi connectivity index (χ2n) is 10.5. The molecule has 3 N–H and O–H groups in total. The van der Waals surface area contributed by atoms with E-state index in [2.05, 4.69) is 20.3 Å². The largest absolute Gasteiger partial charge is 0.492 e. The van der Waals surface area contributed by atoms with Crippen molar-refractivity contribution in [3.05, 3.63) is 82.1 Å². The fraction of sp³-hybridized carbons (Fsp3) is 0.300. The first-order valence-corrected chi connectivity index (χ1v) is 15.5. The van der Waals surface area contributed by atoms with Crippen LogP contribution in [-0.2, 0) is 26.0 Å². The summed E-state index contributed by atoms with van der Waals surface area (Å²) in [6, 6.07) is 13.8. The number of sulfonamides is 1. The molecule has 3 heterocycles. The fourth-order valence-corrected chi connectivity index (χ4v) is 6.71. The summed E-state index contributed by atoms with van der Waals surface area (Å²) in [6.07, 6.45) is 0.642. The number of hydrogen-bond acceptors (Lipinski definition) is 7. The molecule has 0 radical (unpaired) electrons. The number of nitrogens with one attached hydrogen (secondary N) is 3. The number of morpholine rings is 1. The minimum absolute atomic E-state index is 0.0982. The van der Waals surface area contributed by atoms with Crippen LogP contribution in [0.15, 0.2) is 65.1 Å². The molecule has 1 fully saturated rings. The molecule has 1 saturated heterocycles. The molecule has 6 rings (SSSR count). The molecule has 1 atom stereocenters. The van der Waals surface area contributed by atoms with Gasteiger partial charge in [0.05, 0.1) is 35.4 Å². The summed E-state index contributed by atoms with van der Waals surface area (Å²) in [7, 11) is -4.15. The molecular weight excluding hydrogens is 583 g/mol. The average Bonchev–Trinajstić information content (AvgIpc) is 3.54. The molecule has 3 aromatic rings. The van der Waals surface area contributed by atoms with Gasteiger partial charge in [0.1, 0.15) is 18.2 Å². The topological polar surface area (TPSA) is 109 Å². The van der Waals surface area contributed by atoms with E-state index in [0.29, 0.717) is 29.9 Å². The summed E-state index contributed by atoms with van der Waals surface area (Å²) in [5, 5.41) is 6.47. The summed E-state index contributed by atoms with van der Waals surface area (Å²) < 4.78 is 54.2. The van der Waals surface area contributed by atoms with Crippen LogP contribution in [0.1, 0.15) is 18.1 Å². The van der Waals surface area contributed by atoms with Crippen LogP contribution < -0.4 is 20.1 Å². The van der Waals surface area contributed by atoms with Crippen molar-refractivity contribution in [1.82, 2.24) is 4.90 Å². The third-order valence-corrected chi connectivity index (χ3v) is 9.35. The number of halogens is 2. The number of ether oxygens (including phenoxy) is 2. The molecule has 3 aromatic carbocycles. The number of hydrogen-bond donors (Lipinski definition) is 3. The number of fused-ring (bicyclic) bond motifs is 2. The first kappa shape index (κ1) is 28.5. The van der Waals surface area contributed by atoms with Crippen molar-refractivity contribution in [2.24, 2.45) is 0 Å². The van der Waals surface area contributed by atoms with Crippen LogP contribution in [-0.4, -0.2) is 64.7 Å². The van der Waals surface area contributed by atoms with Crippen molar-refractivity contribution in [2.45, 2.75) is 24.3 Å². The standard InChI is InChI=1S/C30H30ClFN4O5S/c1-18(28-15-19-14-21(3-6-25(19)33-28)41-13-10-36-8-11-40-12-9-36)29-23-17-22(4-7-26(23)34-30(29)37)42(38,39)35-27-5-2-20(31)16-24(27)32/h2-7,14,16-17,28,33,35H,8-13,15H2,1H3,(H,34,37)/b29-18-. The molecule has 0 aromatic heterocycles. The maximum atomic E-state index is 14.3. The zero-order valence-corrected chi connectivity index (χ0v) is 24.4. The number of anilines is 3. The Morgan fingerprint density at radius 3 is 2.69 bits per heavy atom.